The van der Waals surface area contributed by atoms with Crippen molar-refractivity contribution in [3.63, 3.8) is 0 Å². The van der Waals surface area contributed by atoms with E-state index in [9.17, 15) is 8.42 Å². The first-order valence-corrected chi connectivity index (χ1v) is 12.3. The first-order chi connectivity index (χ1) is 14.0. The lowest BCUT2D eigenvalue weighted by Gasteiger charge is -2.22. The number of aryl methyl sites for hydroxylation is 1. The summed E-state index contributed by atoms with van der Waals surface area (Å²) in [7, 11) is -3.36. The van der Waals surface area contributed by atoms with Gasteiger partial charge in [0.15, 0.2) is 5.96 Å². The monoisotopic (exact) mass is 552 g/mol. The molecule has 1 saturated heterocycles. The highest BCUT2D eigenvalue weighted by atomic mass is 127. The predicted molar refractivity (Wildman–Crippen MR) is 134 cm³/mol. The van der Waals surface area contributed by atoms with Gasteiger partial charge in [0.25, 0.3) is 0 Å². The minimum atomic E-state index is -3.36. The van der Waals surface area contributed by atoms with Crippen molar-refractivity contribution >= 4 is 40.0 Å². The molecule has 1 heterocycles. The summed E-state index contributed by atoms with van der Waals surface area (Å²) in [6.07, 6.45) is 5.01. The molecule has 0 amide bonds. The zero-order valence-corrected chi connectivity index (χ0v) is 21.2. The van der Waals surface area contributed by atoms with Crippen molar-refractivity contribution in [1.82, 2.24) is 15.4 Å². The normalized spacial score (nSPS) is 18.3. The van der Waals surface area contributed by atoms with Gasteiger partial charge in [-0.05, 0) is 51.5 Å². The molecule has 0 aromatic heterocycles. The van der Waals surface area contributed by atoms with E-state index in [-0.39, 0.29) is 48.4 Å². The van der Waals surface area contributed by atoms with Crippen LogP contribution in [0, 0.1) is 0 Å². The Morgan fingerprint density at radius 2 is 2.03 bits per heavy atom. The maximum atomic E-state index is 12.2. The highest BCUT2D eigenvalue weighted by Gasteiger charge is 2.17. The third-order valence-corrected chi connectivity index (χ3v) is 6.20. The van der Waals surface area contributed by atoms with E-state index < -0.39 is 10.0 Å². The number of rotatable bonds is 11. The van der Waals surface area contributed by atoms with Crippen LogP contribution in [0.2, 0.25) is 0 Å². The van der Waals surface area contributed by atoms with Crippen LogP contribution >= 0.6 is 24.0 Å². The highest BCUT2D eigenvalue weighted by molar-refractivity contribution is 14.0. The fourth-order valence-electron chi connectivity index (χ4n) is 3.19. The van der Waals surface area contributed by atoms with E-state index in [0.717, 1.165) is 45.3 Å². The van der Waals surface area contributed by atoms with E-state index in [2.05, 4.69) is 39.4 Å². The Bertz CT molecular complexity index is 710. The summed E-state index contributed by atoms with van der Waals surface area (Å²) < 4.78 is 32.7. The third-order valence-electron chi connectivity index (χ3n) is 4.87. The molecule has 1 aromatic carbocycles. The van der Waals surface area contributed by atoms with E-state index in [1.54, 1.807) is 0 Å². The number of halogens is 1. The van der Waals surface area contributed by atoms with Crippen molar-refractivity contribution in [2.75, 3.05) is 32.0 Å². The van der Waals surface area contributed by atoms with Gasteiger partial charge in [0.1, 0.15) is 0 Å². The summed E-state index contributed by atoms with van der Waals surface area (Å²) in [4.78, 5) is 4.43. The second-order valence-corrected chi connectivity index (χ2v) is 9.41. The number of nitrogens with one attached hydrogen (secondary N) is 3. The van der Waals surface area contributed by atoms with Gasteiger partial charge in [0.2, 0.25) is 10.0 Å². The summed E-state index contributed by atoms with van der Waals surface area (Å²) >= 11 is 0. The van der Waals surface area contributed by atoms with Crippen LogP contribution in [-0.4, -0.2) is 58.5 Å². The van der Waals surface area contributed by atoms with Crippen molar-refractivity contribution in [3.05, 3.63) is 35.9 Å². The average Bonchev–Trinajstić information content (AvgIpc) is 2.72. The van der Waals surface area contributed by atoms with Gasteiger partial charge >= 0.3 is 0 Å². The molecule has 2 rings (SSSR count). The van der Waals surface area contributed by atoms with E-state index in [1.165, 1.54) is 5.56 Å². The van der Waals surface area contributed by atoms with Crippen molar-refractivity contribution in [2.45, 2.75) is 58.1 Å². The molecule has 0 saturated carbocycles. The van der Waals surface area contributed by atoms with Crippen LogP contribution < -0.4 is 15.4 Å². The number of hydrogen-bond donors (Lipinski definition) is 3. The van der Waals surface area contributed by atoms with Gasteiger partial charge in [-0.15, -0.1) is 24.0 Å². The summed E-state index contributed by atoms with van der Waals surface area (Å²) in [6.45, 7) is 6.10. The molecule has 1 aliphatic heterocycles. The van der Waals surface area contributed by atoms with Gasteiger partial charge in [-0.2, -0.15) is 0 Å². The molecule has 2 unspecified atom stereocenters. The molecule has 3 N–H and O–H groups in total. The number of hydrogen-bond acceptors (Lipinski definition) is 4. The molecular weight excluding hydrogens is 515 g/mol. The smallest absolute Gasteiger partial charge is 0.213 e. The van der Waals surface area contributed by atoms with Crippen LogP contribution in [0.25, 0.3) is 0 Å². The van der Waals surface area contributed by atoms with Gasteiger partial charge in [-0.3, -0.25) is 4.99 Å². The van der Waals surface area contributed by atoms with Crippen LogP contribution in [0.15, 0.2) is 35.3 Å². The fraction of sp³-hybridized carbons (Fsp3) is 0.667. The number of nitrogens with zero attached hydrogens (tertiary/aromatic N) is 1. The third kappa shape index (κ3) is 11.5. The van der Waals surface area contributed by atoms with Crippen LogP contribution in [-0.2, 0) is 21.2 Å². The van der Waals surface area contributed by atoms with Gasteiger partial charge < -0.3 is 15.4 Å². The molecule has 172 valence electrons. The molecule has 2 atom stereocenters. The Morgan fingerprint density at radius 1 is 1.27 bits per heavy atom. The lowest BCUT2D eigenvalue weighted by molar-refractivity contribution is 0.0200. The number of aliphatic imine (C=N–C) groups is 1. The van der Waals surface area contributed by atoms with Crippen molar-refractivity contribution < 1.29 is 13.2 Å². The molecule has 0 spiro atoms. The van der Waals surface area contributed by atoms with Gasteiger partial charge in [0, 0.05) is 25.7 Å². The Hall–Kier alpha value is -0.910. The molecule has 7 nitrogen and oxygen atoms in total. The van der Waals surface area contributed by atoms with Crippen LogP contribution in [0.3, 0.4) is 0 Å². The molecule has 30 heavy (non-hydrogen) atoms. The fourth-order valence-corrected chi connectivity index (χ4v) is 4.11. The van der Waals surface area contributed by atoms with Gasteiger partial charge in [-0.1, -0.05) is 30.3 Å². The standard InChI is InChI=1S/C21H36N4O3S.HI/c1-3-22-21(25-18(2)12-13-19-9-5-4-6-10-19)23-14-16-29(26,27)24-17-20-11-7-8-15-28-20;/h4-6,9-10,18,20,24H,3,7-8,11-17H2,1-2H3,(H2,22,23,25);1H. The number of sulfonamides is 1. The molecule has 0 radical (unpaired) electrons. The maximum Gasteiger partial charge on any atom is 0.213 e. The second kappa shape index (κ2) is 15.0. The Kier molecular flexibility index (Phi) is 13.5. The van der Waals surface area contributed by atoms with Crippen LogP contribution in [0.1, 0.15) is 45.1 Å². The largest absolute Gasteiger partial charge is 0.377 e. The summed E-state index contributed by atoms with van der Waals surface area (Å²) in [5, 5.41) is 6.55. The van der Waals surface area contributed by atoms with Crippen molar-refractivity contribution in [1.29, 1.82) is 0 Å². The first-order valence-electron chi connectivity index (χ1n) is 10.7. The van der Waals surface area contributed by atoms with Gasteiger partial charge in [-0.25, -0.2) is 13.1 Å². The zero-order chi connectivity index (χ0) is 21.0. The number of ether oxygens (including phenoxy) is 1. The van der Waals surface area contributed by atoms with E-state index in [1.807, 2.05) is 25.1 Å². The molecule has 0 bridgehead atoms. The predicted octanol–water partition coefficient (Wildman–Crippen LogP) is 2.67. The summed E-state index contributed by atoms with van der Waals surface area (Å²) in [5.74, 6) is 0.619. The Morgan fingerprint density at radius 3 is 2.70 bits per heavy atom. The van der Waals surface area contributed by atoms with E-state index in [4.69, 9.17) is 4.74 Å². The zero-order valence-electron chi connectivity index (χ0n) is 18.1. The van der Waals surface area contributed by atoms with Crippen molar-refractivity contribution in [2.24, 2.45) is 4.99 Å². The SMILES string of the molecule is CCNC(=NCCS(=O)(=O)NCC1CCCCO1)NC(C)CCc1ccccc1.I. The first kappa shape index (κ1) is 27.1. The van der Waals surface area contributed by atoms with Crippen molar-refractivity contribution in [3.8, 4) is 0 Å². The topological polar surface area (TPSA) is 91.8 Å². The number of guanidine groups is 1. The molecule has 0 aliphatic carbocycles. The van der Waals surface area contributed by atoms with E-state index >= 15 is 0 Å². The second-order valence-electron chi connectivity index (χ2n) is 7.49. The molecule has 9 heteroatoms. The Labute approximate surface area is 198 Å². The van der Waals surface area contributed by atoms with Gasteiger partial charge in [0.05, 0.1) is 18.4 Å². The average molecular weight is 553 g/mol. The molecule has 1 fully saturated rings. The number of benzene rings is 1. The lowest BCUT2D eigenvalue weighted by atomic mass is 10.1. The quantitative estimate of drug-likeness (QED) is 0.223. The van der Waals surface area contributed by atoms with E-state index in [0.29, 0.717) is 12.5 Å². The lowest BCUT2D eigenvalue weighted by Crippen LogP contribution is -2.43. The minimum Gasteiger partial charge on any atom is -0.377 e. The minimum absolute atomic E-state index is 0. The summed E-state index contributed by atoms with van der Waals surface area (Å²) in [6, 6.07) is 10.6. The Balaban J connectivity index is 0.00000450. The summed E-state index contributed by atoms with van der Waals surface area (Å²) in [5.41, 5.74) is 1.31. The molecular formula is C21H37IN4O3S. The molecule has 1 aliphatic rings. The molecule has 1 aromatic rings. The highest BCUT2D eigenvalue weighted by Crippen LogP contribution is 2.11. The van der Waals surface area contributed by atoms with Crippen LogP contribution in [0.5, 0.6) is 0 Å². The van der Waals surface area contributed by atoms with Crippen LogP contribution in [0.4, 0.5) is 0 Å². The maximum absolute atomic E-state index is 12.2.